The number of hydrogen-bond acceptors (Lipinski definition) is 7. The van der Waals surface area contributed by atoms with Crippen LogP contribution < -0.4 is 9.47 Å². The van der Waals surface area contributed by atoms with Crippen molar-refractivity contribution >= 4 is 15.5 Å². The second-order valence-electron chi connectivity index (χ2n) is 5.59. The molecule has 0 bridgehead atoms. The quantitative estimate of drug-likeness (QED) is 0.287. The number of hydrogen-bond donors (Lipinski definition) is 0. The fourth-order valence-corrected chi connectivity index (χ4v) is 4.03. The number of rotatable bonds is 3. The molecule has 11 heteroatoms. The summed E-state index contributed by atoms with van der Waals surface area (Å²) in [6.45, 7) is 0. The number of nitro groups is 1. The van der Waals surface area contributed by atoms with E-state index in [0.29, 0.717) is 0 Å². The van der Waals surface area contributed by atoms with E-state index >= 15 is 0 Å². The highest BCUT2D eigenvalue weighted by atomic mass is 32.2. The molecule has 0 atom stereocenters. The maximum atomic E-state index is 14.5. The molecule has 142 valence electrons. The van der Waals surface area contributed by atoms with E-state index in [0.717, 1.165) is 18.2 Å². The van der Waals surface area contributed by atoms with Gasteiger partial charge in [0.2, 0.25) is 21.4 Å². The molecule has 0 fully saturated rings. The second-order valence-corrected chi connectivity index (χ2v) is 7.48. The van der Waals surface area contributed by atoms with Crippen LogP contribution in [0.1, 0.15) is 0 Å². The van der Waals surface area contributed by atoms with Crippen LogP contribution in [0.5, 0.6) is 23.1 Å². The van der Waals surface area contributed by atoms with Crippen molar-refractivity contribution in [1.82, 2.24) is 4.98 Å². The van der Waals surface area contributed by atoms with Crippen LogP contribution in [0.2, 0.25) is 0 Å². The third-order valence-corrected chi connectivity index (χ3v) is 5.65. The molecule has 0 saturated heterocycles. The molecule has 4 rings (SSSR count). The van der Waals surface area contributed by atoms with Gasteiger partial charge >= 0.3 is 0 Å². The Hall–Kier alpha value is -3.60. The molecule has 3 aromatic rings. The van der Waals surface area contributed by atoms with Gasteiger partial charge in [0.05, 0.1) is 15.9 Å². The van der Waals surface area contributed by atoms with Crippen molar-refractivity contribution in [1.29, 1.82) is 0 Å². The molecule has 1 aliphatic rings. The van der Waals surface area contributed by atoms with E-state index in [1.54, 1.807) is 6.07 Å². The van der Waals surface area contributed by atoms with Crippen LogP contribution in [0.25, 0.3) is 0 Å². The average molecular weight is 406 g/mol. The Morgan fingerprint density at radius 2 is 1.71 bits per heavy atom. The van der Waals surface area contributed by atoms with Crippen molar-refractivity contribution in [3.05, 3.63) is 70.4 Å². The Labute approximate surface area is 156 Å². The third-order valence-electron chi connectivity index (χ3n) is 3.86. The molecule has 0 amide bonds. The lowest BCUT2D eigenvalue weighted by molar-refractivity contribution is -0.384. The molecule has 2 heterocycles. The van der Waals surface area contributed by atoms with Gasteiger partial charge in [-0.3, -0.25) is 10.1 Å². The van der Waals surface area contributed by atoms with Crippen LogP contribution >= 0.6 is 0 Å². The van der Waals surface area contributed by atoms with Gasteiger partial charge in [-0.2, -0.15) is 9.37 Å². The van der Waals surface area contributed by atoms with Crippen molar-refractivity contribution in [2.45, 2.75) is 9.79 Å². The summed E-state index contributed by atoms with van der Waals surface area (Å²) >= 11 is 0. The van der Waals surface area contributed by atoms with Gasteiger partial charge in [-0.15, -0.1) is 0 Å². The molecule has 28 heavy (non-hydrogen) atoms. The number of benzene rings is 2. The number of halogens is 2. The third kappa shape index (κ3) is 2.72. The van der Waals surface area contributed by atoms with Gasteiger partial charge in [0.25, 0.3) is 17.5 Å². The summed E-state index contributed by atoms with van der Waals surface area (Å²) in [4.78, 5) is 12.0. The fraction of sp³-hybridized carbons (Fsp3) is 0. The number of aromatic nitrogens is 1. The average Bonchev–Trinajstić information content (AvgIpc) is 2.67. The van der Waals surface area contributed by atoms with Gasteiger partial charge in [0, 0.05) is 6.07 Å². The monoisotopic (exact) mass is 406 g/mol. The first kappa shape index (κ1) is 17.8. The lowest BCUT2D eigenvalue weighted by Gasteiger charge is -2.22. The van der Waals surface area contributed by atoms with Crippen molar-refractivity contribution in [3.63, 3.8) is 0 Å². The number of pyridine rings is 1. The van der Waals surface area contributed by atoms with Crippen LogP contribution in [0.15, 0.2) is 58.3 Å². The van der Waals surface area contributed by atoms with Crippen LogP contribution in [0.4, 0.5) is 14.5 Å². The summed E-state index contributed by atoms with van der Waals surface area (Å²) in [7, 11) is -4.53. The molecule has 0 aliphatic carbocycles. The molecule has 1 aromatic heterocycles. The maximum Gasteiger partial charge on any atom is 0.273 e. The Bertz CT molecular complexity index is 1230. The number of nitrogens with zero attached hydrogens (tertiary/aromatic N) is 2. The van der Waals surface area contributed by atoms with Crippen molar-refractivity contribution in [2.24, 2.45) is 0 Å². The molecule has 0 unspecified atom stereocenters. The zero-order chi connectivity index (χ0) is 20.1. The first-order chi connectivity index (χ1) is 13.3. The zero-order valence-electron chi connectivity index (χ0n) is 13.6. The van der Waals surface area contributed by atoms with E-state index in [2.05, 4.69) is 4.98 Å². The van der Waals surface area contributed by atoms with Crippen LogP contribution in [0.3, 0.4) is 0 Å². The lowest BCUT2D eigenvalue weighted by Crippen LogP contribution is -2.13. The van der Waals surface area contributed by atoms with Crippen LogP contribution in [-0.2, 0) is 9.84 Å². The molecular weight excluding hydrogens is 398 g/mol. The predicted octanol–water partition coefficient (Wildman–Crippen LogP) is 4.00. The normalized spacial score (nSPS) is 12.4. The van der Waals surface area contributed by atoms with Gasteiger partial charge < -0.3 is 9.47 Å². The largest absolute Gasteiger partial charge is 0.446 e. The first-order valence-corrected chi connectivity index (χ1v) is 9.10. The summed E-state index contributed by atoms with van der Waals surface area (Å²) in [6, 6.07) is 10.0. The standard InChI is InChI=1S/C17H8F2N2O6S/c18-13-15(28(24,25)10-4-2-1-3-5-10)14-17(20-16(13)19)27-12-8-9(21(22)23)6-7-11(12)26-14/h1-8H. The SMILES string of the molecule is O=[N+]([O-])c1ccc2c(c1)Oc1nc(F)c(F)c(S(=O)(=O)c3ccccc3)c1O2. The summed E-state index contributed by atoms with van der Waals surface area (Å²) < 4.78 is 64.9. The second kappa shape index (κ2) is 6.23. The molecule has 0 radical (unpaired) electrons. The van der Waals surface area contributed by atoms with Crippen LogP contribution in [-0.4, -0.2) is 18.3 Å². The Morgan fingerprint density at radius 1 is 1.00 bits per heavy atom. The van der Waals surface area contributed by atoms with Gasteiger partial charge in [-0.05, 0) is 18.2 Å². The van der Waals surface area contributed by atoms with Gasteiger partial charge in [0.15, 0.2) is 16.4 Å². The zero-order valence-corrected chi connectivity index (χ0v) is 14.4. The number of fused-ring (bicyclic) bond motifs is 2. The topological polar surface area (TPSA) is 109 Å². The fourth-order valence-electron chi connectivity index (χ4n) is 2.58. The molecule has 1 aliphatic heterocycles. The number of sulfone groups is 1. The van der Waals surface area contributed by atoms with E-state index < -0.39 is 43.1 Å². The number of non-ortho nitro benzene ring substituents is 1. The first-order valence-electron chi connectivity index (χ1n) is 7.62. The minimum Gasteiger partial charge on any atom is -0.446 e. The Kier molecular flexibility index (Phi) is 3.96. The minimum absolute atomic E-state index is 0.115. The summed E-state index contributed by atoms with van der Waals surface area (Å²) in [5.74, 6) is -5.06. The highest BCUT2D eigenvalue weighted by Gasteiger charge is 2.36. The van der Waals surface area contributed by atoms with Crippen molar-refractivity contribution in [2.75, 3.05) is 0 Å². The highest BCUT2D eigenvalue weighted by Crippen LogP contribution is 2.49. The van der Waals surface area contributed by atoms with Crippen molar-refractivity contribution in [3.8, 4) is 23.1 Å². The summed E-state index contributed by atoms with van der Waals surface area (Å²) in [5, 5.41) is 10.9. The van der Waals surface area contributed by atoms with Gasteiger partial charge in [-0.1, -0.05) is 18.2 Å². The molecular formula is C17H8F2N2O6S. The van der Waals surface area contributed by atoms with Gasteiger partial charge in [-0.25, -0.2) is 12.8 Å². The van der Waals surface area contributed by atoms with Gasteiger partial charge in [0.1, 0.15) is 0 Å². The van der Waals surface area contributed by atoms with E-state index in [1.807, 2.05) is 0 Å². The molecule has 0 N–H and O–H groups in total. The summed E-state index contributed by atoms with van der Waals surface area (Å²) in [5.41, 5.74) is -0.342. The van der Waals surface area contributed by atoms with E-state index in [-0.39, 0.29) is 22.1 Å². The lowest BCUT2D eigenvalue weighted by atomic mass is 10.2. The van der Waals surface area contributed by atoms with E-state index in [4.69, 9.17) is 9.47 Å². The number of nitro benzene ring substituents is 1. The van der Waals surface area contributed by atoms with E-state index in [1.165, 1.54) is 24.3 Å². The molecule has 0 spiro atoms. The predicted molar refractivity (Wildman–Crippen MR) is 89.3 cm³/mol. The molecule has 8 nitrogen and oxygen atoms in total. The summed E-state index contributed by atoms with van der Waals surface area (Å²) in [6.07, 6.45) is 0. The highest BCUT2D eigenvalue weighted by molar-refractivity contribution is 7.91. The van der Waals surface area contributed by atoms with Crippen molar-refractivity contribution < 1.29 is 31.6 Å². The number of ether oxygens (including phenoxy) is 2. The maximum absolute atomic E-state index is 14.5. The van der Waals surface area contributed by atoms with E-state index in [9.17, 15) is 27.3 Å². The Morgan fingerprint density at radius 3 is 2.39 bits per heavy atom. The Balaban J connectivity index is 1.92. The minimum atomic E-state index is -4.53. The van der Waals surface area contributed by atoms with Crippen LogP contribution in [0, 0.1) is 21.9 Å². The molecule has 0 saturated carbocycles. The molecule has 2 aromatic carbocycles. The smallest absolute Gasteiger partial charge is 0.273 e.